The summed E-state index contributed by atoms with van der Waals surface area (Å²) in [6.45, 7) is 0. The van der Waals surface area contributed by atoms with Crippen molar-refractivity contribution in [3.63, 3.8) is 0 Å². The number of para-hydroxylation sites is 1. The minimum absolute atomic E-state index is 0.272. The Kier molecular flexibility index (Phi) is 3.24. The van der Waals surface area contributed by atoms with E-state index in [2.05, 4.69) is 10.3 Å². The van der Waals surface area contributed by atoms with Gasteiger partial charge in [0, 0.05) is 18.0 Å². The van der Waals surface area contributed by atoms with Gasteiger partial charge in [0.15, 0.2) is 5.82 Å². The monoisotopic (exact) mass is 304 g/mol. The van der Waals surface area contributed by atoms with Crippen molar-refractivity contribution in [2.75, 3.05) is 0 Å². The first-order valence-corrected chi connectivity index (χ1v) is 7.23. The highest BCUT2D eigenvalue weighted by molar-refractivity contribution is 5.67. The molecule has 112 valence electrons. The average Bonchev–Trinajstić information content (AvgIpc) is 3.25. The molecule has 0 radical (unpaired) electrons. The Morgan fingerprint density at radius 3 is 2.17 bits per heavy atom. The fourth-order valence-electron chi connectivity index (χ4n) is 2.52. The molecule has 2 heterocycles. The number of aromatic nitrogens is 4. The van der Waals surface area contributed by atoms with Gasteiger partial charge in [-0.2, -0.15) is 4.68 Å². The van der Waals surface area contributed by atoms with E-state index in [-0.39, 0.29) is 5.82 Å². The second-order valence-corrected chi connectivity index (χ2v) is 5.11. The van der Waals surface area contributed by atoms with Crippen LogP contribution in [0.1, 0.15) is 0 Å². The quantitative estimate of drug-likeness (QED) is 0.576. The third-order valence-corrected chi connectivity index (χ3v) is 3.61. The lowest BCUT2D eigenvalue weighted by atomic mass is 10.1. The van der Waals surface area contributed by atoms with Gasteiger partial charge in [0.2, 0.25) is 0 Å². The van der Waals surface area contributed by atoms with Crippen LogP contribution in [-0.2, 0) is 0 Å². The van der Waals surface area contributed by atoms with Crippen LogP contribution < -0.4 is 0 Å². The Morgan fingerprint density at radius 1 is 0.783 bits per heavy atom. The largest absolute Gasteiger partial charge is 0.307 e. The summed E-state index contributed by atoms with van der Waals surface area (Å²) in [6, 6.07) is 20.0. The van der Waals surface area contributed by atoms with Crippen molar-refractivity contribution < 1.29 is 4.39 Å². The molecule has 0 saturated carbocycles. The zero-order valence-corrected chi connectivity index (χ0v) is 12.2. The van der Waals surface area contributed by atoms with Gasteiger partial charge >= 0.3 is 0 Å². The van der Waals surface area contributed by atoms with E-state index < -0.39 is 0 Å². The molecule has 0 aliphatic heterocycles. The van der Waals surface area contributed by atoms with Gasteiger partial charge in [0.05, 0.1) is 5.69 Å². The number of nitrogens with zero attached hydrogens (tertiary/aromatic N) is 4. The van der Waals surface area contributed by atoms with Crippen LogP contribution in [0.25, 0.3) is 22.8 Å². The second-order valence-electron chi connectivity index (χ2n) is 5.11. The first kappa shape index (κ1) is 13.5. The molecule has 2 aromatic heterocycles. The van der Waals surface area contributed by atoms with Crippen molar-refractivity contribution in [2.24, 2.45) is 0 Å². The lowest BCUT2D eigenvalue weighted by molar-refractivity contribution is 0.628. The van der Waals surface area contributed by atoms with E-state index in [1.807, 2.05) is 59.4 Å². The lowest BCUT2D eigenvalue weighted by Gasteiger charge is -2.09. The molecule has 0 atom stereocenters. The minimum atomic E-state index is -0.272. The molecule has 0 amide bonds. The molecule has 0 N–H and O–H groups in total. The molecule has 23 heavy (non-hydrogen) atoms. The van der Waals surface area contributed by atoms with Gasteiger partial charge in [-0.25, -0.2) is 4.39 Å². The van der Waals surface area contributed by atoms with Crippen LogP contribution in [0.2, 0.25) is 0 Å². The highest BCUT2D eigenvalue weighted by Crippen LogP contribution is 2.26. The molecule has 0 fully saturated rings. The summed E-state index contributed by atoms with van der Waals surface area (Å²) >= 11 is 0. The zero-order chi connectivity index (χ0) is 15.6. The Balaban J connectivity index is 1.94. The fourth-order valence-corrected chi connectivity index (χ4v) is 2.52. The van der Waals surface area contributed by atoms with Crippen molar-refractivity contribution in [2.45, 2.75) is 0 Å². The van der Waals surface area contributed by atoms with Crippen LogP contribution in [0.15, 0.2) is 79.1 Å². The second kappa shape index (κ2) is 5.53. The summed E-state index contributed by atoms with van der Waals surface area (Å²) in [7, 11) is 0. The molecular weight excluding hydrogens is 291 g/mol. The van der Waals surface area contributed by atoms with Crippen molar-refractivity contribution >= 4 is 0 Å². The molecule has 4 nitrogen and oxygen atoms in total. The van der Waals surface area contributed by atoms with E-state index in [9.17, 15) is 4.39 Å². The van der Waals surface area contributed by atoms with Crippen LogP contribution in [0, 0.1) is 5.82 Å². The van der Waals surface area contributed by atoms with E-state index >= 15 is 0 Å². The maximum absolute atomic E-state index is 13.2. The first-order valence-electron chi connectivity index (χ1n) is 7.23. The average molecular weight is 304 g/mol. The van der Waals surface area contributed by atoms with Gasteiger partial charge in [-0.3, -0.25) is 0 Å². The molecule has 4 rings (SSSR count). The molecule has 0 aliphatic carbocycles. The molecule has 0 unspecified atom stereocenters. The third kappa shape index (κ3) is 2.42. The fraction of sp³-hybridized carbons (Fsp3) is 0. The van der Waals surface area contributed by atoms with E-state index in [0.29, 0.717) is 5.69 Å². The Labute approximate surface area is 132 Å². The summed E-state index contributed by atoms with van der Waals surface area (Å²) in [4.78, 5) is 0. The summed E-state index contributed by atoms with van der Waals surface area (Å²) in [5.41, 5.74) is 2.43. The van der Waals surface area contributed by atoms with Crippen molar-refractivity contribution in [1.82, 2.24) is 19.6 Å². The SMILES string of the molecule is Fc1ccc(-c2nnn(-c3ccccc3)c2-n2cccc2)cc1. The van der Waals surface area contributed by atoms with Crippen LogP contribution >= 0.6 is 0 Å². The summed E-state index contributed by atoms with van der Waals surface area (Å²) in [5.74, 6) is 0.541. The normalized spacial score (nSPS) is 10.8. The zero-order valence-electron chi connectivity index (χ0n) is 12.2. The van der Waals surface area contributed by atoms with Crippen LogP contribution in [-0.4, -0.2) is 19.6 Å². The number of rotatable bonds is 3. The van der Waals surface area contributed by atoms with Gasteiger partial charge in [-0.15, -0.1) is 5.10 Å². The Hall–Kier alpha value is -3.21. The molecule has 4 aromatic rings. The smallest absolute Gasteiger partial charge is 0.169 e. The van der Waals surface area contributed by atoms with E-state index in [1.165, 1.54) is 12.1 Å². The number of hydrogen-bond donors (Lipinski definition) is 0. The molecular formula is C18H13FN4. The topological polar surface area (TPSA) is 35.6 Å². The highest BCUT2D eigenvalue weighted by atomic mass is 19.1. The first-order chi connectivity index (χ1) is 11.3. The predicted octanol–water partition coefficient (Wildman–Crippen LogP) is 3.86. The van der Waals surface area contributed by atoms with Gasteiger partial charge in [-0.05, 0) is 48.5 Å². The van der Waals surface area contributed by atoms with Gasteiger partial charge in [0.25, 0.3) is 0 Å². The van der Waals surface area contributed by atoms with Gasteiger partial charge in [0.1, 0.15) is 11.5 Å². The molecule has 0 saturated heterocycles. The standard InChI is InChI=1S/C18H13FN4/c19-15-10-8-14(9-11-15)17-18(22-12-4-5-13-22)23(21-20-17)16-6-2-1-3-7-16/h1-13H. The summed E-state index contributed by atoms with van der Waals surface area (Å²) in [6.07, 6.45) is 3.87. The van der Waals surface area contributed by atoms with Crippen molar-refractivity contribution in [3.8, 4) is 22.8 Å². The maximum atomic E-state index is 13.2. The summed E-state index contributed by atoms with van der Waals surface area (Å²) in [5, 5.41) is 8.61. The number of benzene rings is 2. The van der Waals surface area contributed by atoms with E-state index in [4.69, 9.17) is 0 Å². The molecule has 0 bridgehead atoms. The van der Waals surface area contributed by atoms with Crippen LogP contribution in [0.4, 0.5) is 4.39 Å². The lowest BCUT2D eigenvalue weighted by Crippen LogP contribution is -2.04. The van der Waals surface area contributed by atoms with E-state index in [1.54, 1.807) is 16.8 Å². The molecule has 0 aliphatic rings. The maximum Gasteiger partial charge on any atom is 0.169 e. The van der Waals surface area contributed by atoms with Crippen LogP contribution in [0.3, 0.4) is 0 Å². The minimum Gasteiger partial charge on any atom is -0.307 e. The Morgan fingerprint density at radius 2 is 1.48 bits per heavy atom. The third-order valence-electron chi connectivity index (χ3n) is 3.61. The molecule has 5 heteroatoms. The van der Waals surface area contributed by atoms with E-state index in [0.717, 1.165) is 17.1 Å². The molecule has 0 spiro atoms. The number of halogens is 1. The Bertz CT molecular complexity index is 910. The van der Waals surface area contributed by atoms with Gasteiger partial charge in [-0.1, -0.05) is 23.4 Å². The predicted molar refractivity (Wildman–Crippen MR) is 86.1 cm³/mol. The number of hydrogen-bond acceptors (Lipinski definition) is 2. The molecule has 2 aromatic carbocycles. The van der Waals surface area contributed by atoms with Gasteiger partial charge < -0.3 is 4.57 Å². The van der Waals surface area contributed by atoms with Crippen LogP contribution in [0.5, 0.6) is 0 Å². The summed E-state index contributed by atoms with van der Waals surface area (Å²) < 4.78 is 16.9. The van der Waals surface area contributed by atoms with Crippen molar-refractivity contribution in [1.29, 1.82) is 0 Å². The van der Waals surface area contributed by atoms with Crippen molar-refractivity contribution in [3.05, 3.63) is 84.9 Å². The highest BCUT2D eigenvalue weighted by Gasteiger charge is 2.17.